The molecule has 3 rings (SSSR count). The van der Waals surface area contributed by atoms with E-state index in [2.05, 4.69) is 5.32 Å². The summed E-state index contributed by atoms with van der Waals surface area (Å²) in [7, 11) is 0. The van der Waals surface area contributed by atoms with Crippen molar-refractivity contribution in [1.29, 1.82) is 0 Å². The zero-order valence-electron chi connectivity index (χ0n) is 14.6. The van der Waals surface area contributed by atoms with E-state index in [0.29, 0.717) is 19.5 Å². The van der Waals surface area contributed by atoms with E-state index in [1.54, 1.807) is 0 Å². The Bertz CT molecular complexity index is 721. The summed E-state index contributed by atoms with van der Waals surface area (Å²) >= 11 is 0. The lowest BCUT2D eigenvalue weighted by Gasteiger charge is -2.43. The molecule has 0 aromatic heterocycles. The fraction of sp³-hybridized carbons (Fsp3) is 0.286. The van der Waals surface area contributed by atoms with E-state index in [9.17, 15) is 14.4 Å². The summed E-state index contributed by atoms with van der Waals surface area (Å²) in [6.07, 6.45) is 0.868. The maximum atomic E-state index is 13.2. The number of nitrogens with one attached hydrogen (secondary N) is 1. The fourth-order valence-corrected chi connectivity index (χ4v) is 3.43. The van der Waals surface area contributed by atoms with E-state index in [-0.39, 0.29) is 31.0 Å². The molecular formula is C21H22N2O3. The van der Waals surface area contributed by atoms with Gasteiger partial charge in [-0.15, -0.1) is 0 Å². The molecule has 1 saturated heterocycles. The molecular weight excluding hydrogens is 328 g/mol. The summed E-state index contributed by atoms with van der Waals surface area (Å²) in [4.78, 5) is 39.5. The monoisotopic (exact) mass is 350 g/mol. The van der Waals surface area contributed by atoms with Crippen LogP contribution >= 0.6 is 0 Å². The van der Waals surface area contributed by atoms with E-state index in [4.69, 9.17) is 0 Å². The van der Waals surface area contributed by atoms with E-state index in [0.717, 1.165) is 11.1 Å². The molecule has 134 valence electrons. The van der Waals surface area contributed by atoms with Gasteiger partial charge < -0.3 is 10.2 Å². The van der Waals surface area contributed by atoms with Crippen molar-refractivity contribution in [3.63, 3.8) is 0 Å². The fourth-order valence-electron chi connectivity index (χ4n) is 3.43. The first-order valence-electron chi connectivity index (χ1n) is 8.74. The van der Waals surface area contributed by atoms with Crippen LogP contribution in [0.25, 0.3) is 0 Å². The number of piperazine rings is 1. The van der Waals surface area contributed by atoms with Crippen molar-refractivity contribution in [2.75, 3.05) is 19.6 Å². The number of rotatable bonds is 7. The Morgan fingerprint density at radius 2 is 1.42 bits per heavy atom. The average Bonchev–Trinajstić information content (AvgIpc) is 2.69. The highest BCUT2D eigenvalue weighted by Crippen LogP contribution is 2.23. The van der Waals surface area contributed by atoms with Crippen LogP contribution < -0.4 is 5.32 Å². The zero-order valence-corrected chi connectivity index (χ0v) is 14.6. The van der Waals surface area contributed by atoms with Gasteiger partial charge in [-0.2, -0.15) is 0 Å². The van der Waals surface area contributed by atoms with Crippen LogP contribution in [0.4, 0.5) is 0 Å². The van der Waals surface area contributed by atoms with Gasteiger partial charge in [0.25, 0.3) is 0 Å². The minimum absolute atomic E-state index is 0.118. The van der Waals surface area contributed by atoms with Crippen LogP contribution in [-0.4, -0.2) is 48.0 Å². The van der Waals surface area contributed by atoms with Crippen molar-refractivity contribution < 1.29 is 14.4 Å². The number of ketones is 2. The standard InChI is InChI=1S/C21H22N2O3/c24-16-23-12-11-22-15-21(23,19(25)13-17-7-3-1-4-8-17)20(26)14-18-9-5-2-6-10-18/h1-10,16,22H,11-15H2. The highest BCUT2D eigenvalue weighted by molar-refractivity contribution is 6.14. The maximum absolute atomic E-state index is 13.2. The third-order valence-electron chi connectivity index (χ3n) is 4.87. The predicted molar refractivity (Wildman–Crippen MR) is 98.7 cm³/mol. The molecule has 5 heteroatoms. The molecule has 0 saturated carbocycles. The Morgan fingerprint density at radius 1 is 0.923 bits per heavy atom. The first-order valence-corrected chi connectivity index (χ1v) is 8.74. The van der Waals surface area contributed by atoms with E-state index < -0.39 is 5.54 Å². The topological polar surface area (TPSA) is 66.5 Å². The van der Waals surface area contributed by atoms with Crippen LogP contribution in [0.2, 0.25) is 0 Å². The van der Waals surface area contributed by atoms with Crippen molar-refractivity contribution in [3.05, 3.63) is 71.8 Å². The molecule has 0 spiro atoms. The van der Waals surface area contributed by atoms with E-state index in [1.807, 2.05) is 60.7 Å². The molecule has 5 nitrogen and oxygen atoms in total. The molecule has 1 fully saturated rings. The van der Waals surface area contributed by atoms with Crippen molar-refractivity contribution >= 4 is 18.0 Å². The van der Waals surface area contributed by atoms with Crippen molar-refractivity contribution in [2.45, 2.75) is 18.4 Å². The molecule has 0 aliphatic carbocycles. The normalized spacial score (nSPS) is 16.1. The van der Waals surface area contributed by atoms with Crippen LogP contribution in [0.3, 0.4) is 0 Å². The molecule has 1 heterocycles. The molecule has 1 amide bonds. The first-order chi connectivity index (χ1) is 12.7. The SMILES string of the molecule is O=CN1CCNCC1(C(=O)Cc1ccccc1)C(=O)Cc1ccccc1. The summed E-state index contributed by atoms with van der Waals surface area (Å²) in [6.45, 7) is 1.06. The molecule has 1 aliphatic rings. The minimum Gasteiger partial charge on any atom is -0.324 e. The second-order valence-corrected chi connectivity index (χ2v) is 6.51. The van der Waals surface area contributed by atoms with Gasteiger partial charge in [0.2, 0.25) is 6.41 Å². The van der Waals surface area contributed by atoms with Crippen LogP contribution in [0.1, 0.15) is 11.1 Å². The zero-order chi connectivity index (χ0) is 18.4. The van der Waals surface area contributed by atoms with Gasteiger partial charge >= 0.3 is 0 Å². The molecule has 0 bridgehead atoms. The average molecular weight is 350 g/mol. The lowest BCUT2D eigenvalue weighted by molar-refractivity contribution is -0.150. The summed E-state index contributed by atoms with van der Waals surface area (Å²) in [5.74, 6) is -0.493. The first kappa shape index (κ1) is 18.0. The van der Waals surface area contributed by atoms with Crippen LogP contribution in [0, 0.1) is 0 Å². The second-order valence-electron chi connectivity index (χ2n) is 6.51. The lowest BCUT2D eigenvalue weighted by atomic mass is 9.80. The number of hydrogen-bond donors (Lipinski definition) is 1. The number of Topliss-reactive ketones (excluding diaryl/α,β-unsaturated/α-hetero) is 2. The number of nitrogens with zero attached hydrogens (tertiary/aromatic N) is 1. The molecule has 26 heavy (non-hydrogen) atoms. The molecule has 1 aliphatic heterocycles. The Balaban J connectivity index is 1.92. The van der Waals surface area contributed by atoms with Crippen LogP contribution in [-0.2, 0) is 27.2 Å². The van der Waals surface area contributed by atoms with E-state index >= 15 is 0 Å². The van der Waals surface area contributed by atoms with Gasteiger partial charge in [0.05, 0.1) is 0 Å². The highest BCUT2D eigenvalue weighted by atomic mass is 16.2. The van der Waals surface area contributed by atoms with Crippen LogP contribution in [0.5, 0.6) is 0 Å². The molecule has 1 N–H and O–H groups in total. The number of hydrogen-bond acceptors (Lipinski definition) is 4. The lowest BCUT2D eigenvalue weighted by Crippen LogP contribution is -2.69. The third-order valence-corrected chi connectivity index (χ3v) is 4.87. The Kier molecular flexibility index (Phi) is 5.58. The molecule has 0 radical (unpaired) electrons. The van der Waals surface area contributed by atoms with Crippen LogP contribution in [0.15, 0.2) is 60.7 Å². The smallest absolute Gasteiger partial charge is 0.210 e. The maximum Gasteiger partial charge on any atom is 0.210 e. The minimum atomic E-state index is -1.45. The summed E-state index contributed by atoms with van der Waals surface area (Å²) in [6, 6.07) is 18.6. The van der Waals surface area contributed by atoms with Gasteiger partial charge in [0.1, 0.15) is 0 Å². The number of carbonyl (C=O) groups excluding carboxylic acids is 3. The summed E-state index contributed by atoms with van der Waals surface area (Å²) in [5.41, 5.74) is 0.215. The number of amides is 1. The van der Waals surface area contributed by atoms with Crippen molar-refractivity contribution in [1.82, 2.24) is 10.2 Å². The molecule has 2 aromatic carbocycles. The van der Waals surface area contributed by atoms with Gasteiger partial charge in [-0.25, -0.2) is 0 Å². The quantitative estimate of drug-likeness (QED) is 0.606. The van der Waals surface area contributed by atoms with Gasteiger partial charge in [0.15, 0.2) is 17.1 Å². The van der Waals surface area contributed by atoms with Gasteiger partial charge in [-0.3, -0.25) is 14.4 Å². The number of carbonyl (C=O) groups is 3. The summed E-state index contributed by atoms with van der Waals surface area (Å²) in [5, 5.41) is 3.13. The molecule has 2 aromatic rings. The summed E-state index contributed by atoms with van der Waals surface area (Å²) < 4.78 is 0. The highest BCUT2D eigenvalue weighted by Gasteiger charge is 2.50. The molecule has 0 atom stereocenters. The largest absolute Gasteiger partial charge is 0.324 e. The van der Waals surface area contributed by atoms with Gasteiger partial charge in [-0.05, 0) is 11.1 Å². The van der Waals surface area contributed by atoms with Crippen molar-refractivity contribution in [2.24, 2.45) is 0 Å². The van der Waals surface area contributed by atoms with Gasteiger partial charge in [0, 0.05) is 32.5 Å². The van der Waals surface area contributed by atoms with E-state index in [1.165, 1.54) is 4.90 Å². The van der Waals surface area contributed by atoms with Gasteiger partial charge in [-0.1, -0.05) is 60.7 Å². The predicted octanol–water partition coefficient (Wildman–Crippen LogP) is 1.41. The Labute approximate surface area is 153 Å². The number of benzene rings is 2. The third kappa shape index (κ3) is 3.58. The molecule has 0 unspecified atom stereocenters. The second kappa shape index (κ2) is 8.06. The Morgan fingerprint density at radius 3 is 1.88 bits per heavy atom. The Hall–Kier alpha value is -2.79. The van der Waals surface area contributed by atoms with Crippen molar-refractivity contribution in [3.8, 4) is 0 Å².